The van der Waals surface area contributed by atoms with Crippen molar-refractivity contribution in [3.63, 3.8) is 0 Å². The molecule has 2 N–H and O–H groups in total. The first-order chi connectivity index (χ1) is 9.10. The molecule has 0 aliphatic carbocycles. The van der Waals surface area contributed by atoms with Gasteiger partial charge in [-0.3, -0.25) is 0 Å². The van der Waals surface area contributed by atoms with Crippen LogP contribution in [0.1, 0.15) is 37.1 Å². The fourth-order valence-corrected chi connectivity index (χ4v) is 1.86. The summed E-state index contributed by atoms with van der Waals surface area (Å²) < 4.78 is 28.0. The SMILES string of the molecule is CCCC(N)c1cn(Cc2cc(F)ccc2F)nn1. The predicted molar refractivity (Wildman–Crippen MR) is 67.3 cm³/mol. The minimum Gasteiger partial charge on any atom is -0.323 e. The van der Waals surface area contributed by atoms with Crippen molar-refractivity contribution in [3.8, 4) is 0 Å². The van der Waals surface area contributed by atoms with Gasteiger partial charge >= 0.3 is 0 Å². The zero-order valence-electron chi connectivity index (χ0n) is 10.7. The van der Waals surface area contributed by atoms with E-state index in [-0.39, 0.29) is 18.2 Å². The van der Waals surface area contributed by atoms with Crippen molar-refractivity contribution in [3.05, 3.63) is 47.3 Å². The van der Waals surface area contributed by atoms with E-state index in [1.807, 2.05) is 6.92 Å². The van der Waals surface area contributed by atoms with E-state index in [1.165, 1.54) is 4.68 Å². The molecule has 0 saturated carbocycles. The Balaban J connectivity index is 2.13. The Labute approximate surface area is 110 Å². The summed E-state index contributed by atoms with van der Waals surface area (Å²) in [7, 11) is 0. The molecule has 1 aromatic heterocycles. The Hall–Kier alpha value is -1.82. The molecule has 0 bridgehead atoms. The maximum absolute atomic E-state index is 13.5. The molecule has 0 aliphatic heterocycles. The van der Waals surface area contributed by atoms with Gasteiger partial charge in [-0.15, -0.1) is 5.10 Å². The summed E-state index contributed by atoms with van der Waals surface area (Å²) >= 11 is 0. The summed E-state index contributed by atoms with van der Waals surface area (Å²) in [6.45, 7) is 2.17. The highest BCUT2D eigenvalue weighted by molar-refractivity contribution is 5.19. The van der Waals surface area contributed by atoms with Crippen LogP contribution < -0.4 is 5.73 Å². The largest absolute Gasteiger partial charge is 0.323 e. The maximum Gasteiger partial charge on any atom is 0.128 e. The van der Waals surface area contributed by atoms with Gasteiger partial charge in [0.05, 0.1) is 24.5 Å². The number of halogens is 2. The van der Waals surface area contributed by atoms with Crippen molar-refractivity contribution in [2.24, 2.45) is 5.73 Å². The van der Waals surface area contributed by atoms with E-state index in [2.05, 4.69) is 10.3 Å². The second-order valence-electron chi connectivity index (χ2n) is 4.47. The second kappa shape index (κ2) is 5.88. The number of nitrogens with zero attached hydrogens (tertiary/aromatic N) is 3. The van der Waals surface area contributed by atoms with Gasteiger partial charge in [-0.1, -0.05) is 18.6 Å². The monoisotopic (exact) mass is 266 g/mol. The van der Waals surface area contributed by atoms with Gasteiger partial charge in [0.1, 0.15) is 11.6 Å². The Bertz CT molecular complexity index is 553. The van der Waals surface area contributed by atoms with Crippen LogP contribution in [0.15, 0.2) is 24.4 Å². The maximum atomic E-state index is 13.5. The molecule has 2 rings (SSSR count). The lowest BCUT2D eigenvalue weighted by atomic mass is 10.1. The Morgan fingerprint density at radius 3 is 2.89 bits per heavy atom. The van der Waals surface area contributed by atoms with Gasteiger partial charge in [0.15, 0.2) is 0 Å². The van der Waals surface area contributed by atoms with Crippen LogP contribution in [-0.2, 0) is 6.54 Å². The Kier molecular flexibility index (Phi) is 4.21. The molecular weight excluding hydrogens is 250 g/mol. The molecule has 6 heteroatoms. The van der Waals surface area contributed by atoms with Crippen molar-refractivity contribution in [1.29, 1.82) is 0 Å². The number of rotatable bonds is 5. The average molecular weight is 266 g/mol. The van der Waals surface area contributed by atoms with E-state index >= 15 is 0 Å². The first-order valence-electron chi connectivity index (χ1n) is 6.19. The standard InChI is InChI=1S/C13H16F2N4/c1-2-3-12(16)13-8-19(18-17-13)7-9-6-10(14)4-5-11(9)15/h4-6,8,12H,2-3,7,16H2,1H3. The third-order valence-electron chi connectivity index (χ3n) is 2.88. The molecule has 0 fully saturated rings. The van der Waals surface area contributed by atoms with Crippen LogP contribution in [0, 0.1) is 11.6 Å². The van der Waals surface area contributed by atoms with E-state index in [4.69, 9.17) is 5.73 Å². The Morgan fingerprint density at radius 2 is 2.16 bits per heavy atom. The molecule has 102 valence electrons. The quantitative estimate of drug-likeness (QED) is 0.904. The van der Waals surface area contributed by atoms with Crippen LogP contribution in [0.5, 0.6) is 0 Å². The number of hydrogen-bond donors (Lipinski definition) is 1. The summed E-state index contributed by atoms with van der Waals surface area (Å²) in [6, 6.07) is 3.17. The van der Waals surface area contributed by atoms with Crippen molar-refractivity contribution in [2.75, 3.05) is 0 Å². The van der Waals surface area contributed by atoms with Crippen LogP contribution in [0.3, 0.4) is 0 Å². The lowest BCUT2D eigenvalue weighted by molar-refractivity contribution is 0.560. The molecule has 0 amide bonds. The van der Waals surface area contributed by atoms with E-state index < -0.39 is 11.6 Å². The van der Waals surface area contributed by atoms with Crippen LogP contribution in [0.4, 0.5) is 8.78 Å². The molecular formula is C13H16F2N4. The zero-order valence-corrected chi connectivity index (χ0v) is 10.7. The molecule has 2 aromatic rings. The van der Waals surface area contributed by atoms with Crippen LogP contribution in [-0.4, -0.2) is 15.0 Å². The van der Waals surface area contributed by atoms with E-state index in [0.717, 1.165) is 31.0 Å². The summed E-state index contributed by atoms with van der Waals surface area (Å²) in [5.74, 6) is -0.935. The molecule has 0 spiro atoms. The highest BCUT2D eigenvalue weighted by atomic mass is 19.1. The van der Waals surface area contributed by atoms with E-state index in [0.29, 0.717) is 5.69 Å². The van der Waals surface area contributed by atoms with Crippen molar-refractivity contribution in [1.82, 2.24) is 15.0 Å². The first kappa shape index (κ1) is 13.6. The van der Waals surface area contributed by atoms with Gasteiger partial charge in [-0.25, -0.2) is 13.5 Å². The highest BCUT2D eigenvalue weighted by Gasteiger charge is 2.11. The van der Waals surface area contributed by atoms with Crippen LogP contribution in [0.2, 0.25) is 0 Å². The molecule has 4 nitrogen and oxygen atoms in total. The van der Waals surface area contributed by atoms with Crippen LogP contribution >= 0.6 is 0 Å². The lowest BCUT2D eigenvalue weighted by Gasteiger charge is -2.05. The zero-order chi connectivity index (χ0) is 13.8. The first-order valence-corrected chi connectivity index (χ1v) is 6.19. The molecule has 19 heavy (non-hydrogen) atoms. The van der Waals surface area contributed by atoms with Gasteiger partial charge in [0.2, 0.25) is 0 Å². The van der Waals surface area contributed by atoms with Crippen molar-refractivity contribution in [2.45, 2.75) is 32.4 Å². The molecule has 1 heterocycles. The third kappa shape index (κ3) is 3.35. The van der Waals surface area contributed by atoms with Crippen molar-refractivity contribution < 1.29 is 8.78 Å². The number of aromatic nitrogens is 3. The summed E-state index contributed by atoms with van der Waals surface area (Å²) in [5, 5.41) is 7.84. The normalized spacial score (nSPS) is 12.6. The van der Waals surface area contributed by atoms with Gasteiger partial charge in [0.25, 0.3) is 0 Å². The molecule has 0 aliphatic rings. The second-order valence-corrected chi connectivity index (χ2v) is 4.47. The summed E-state index contributed by atoms with van der Waals surface area (Å²) in [5.41, 5.74) is 6.82. The number of benzene rings is 1. The van der Waals surface area contributed by atoms with Gasteiger partial charge in [-0.2, -0.15) is 0 Å². The Morgan fingerprint density at radius 1 is 1.37 bits per heavy atom. The topological polar surface area (TPSA) is 56.7 Å². The lowest BCUT2D eigenvalue weighted by Crippen LogP contribution is -2.10. The number of hydrogen-bond acceptors (Lipinski definition) is 3. The molecule has 1 atom stereocenters. The van der Waals surface area contributed by atoms with Gasteiger partial charge < -0.3 is 5.73 Å². The smallest absolute Gasteiger partial charge is 0.128 e. The van der Waals surface area contributed by atoms with Crippen molar-refractivity contribution >= 4 is 0 Å². The molecule has 0 radical (unpaired) electrons. The summed E-state index contributed by atoms with van der Waals surface area (Å²) in [6.07, 6.45) is 3.43. The predicted octanol–water partition coefficient (Wildman–Crippen LogP) is 2.40. The van der Waals surface area contributed by atoms with E-state index in [1.54, 1.807) is 6.20 Å². The average Bonchev–Trinajstić information content (AvgIpc) is 2.83. The van der Waals surface area contributed by atoms with E-state index in [9.17, 15) is 8.78 Å². The molecule has 1 unspecified atom stereocenters. The molecule has 1 aromatic carbocycles. The third-order valence-corrected chi connectivity index (χ3v) is 2.88. The highest BCUT2D eigenvalue weighted by Crippen LogP contribution is 2.14. The van der Waals surface area contributed by atoms with Crippen LogP contribution in [0.25, 0.3) is 0 Å². The minimum atomic E-state index is -0.473. The minimum absolute atomic E-state index is 0.134. The fraction of sp³-hybridized carbons (Fsp3) is 0.385. The summed E-state index contributed by atoms with van der Waals surface area (Å²) in [4.78, 5) is 0. The van der Waals surface area contributed by atoms with Gasteiger partial charge in [0, 0.05) is 5.56 Å². The fourth-order valence-electron chi connectivity index (χ4n) is 1.86. The van der Waals surface area contributed by atoms with Gasteiger partial charge in [-0.05, 0) is 24.6 Å². The number of nitrogens with two attached hydrogens (primary N) is 1. The molecule has 0 saturated heterocycles.